The Balaban J connectivity index is 2.64. The second kappa shape index (κ2) is 4.59. The first-order valence-corrected chi connectivity index (χ1v) is 6.92. The van der Waals surface area contributed by atoms with Crippen molar-refractivity contribution in [3.8, 4) is 0 Å². The summed E-state index contributed by atoms with van der Waals surface area (Å²) in [6, 6.07) is 0. The van der Waals surface area contributed by atoms with Gasteiger partial charge in [-0.3, -0.25) is 0 Å². The summed E-state index contributed by atoms with van der Waals surface area (Å²) in [7, 11) is -2.88. The molecule has 1 rings (SSSR count). The maximum absolute atomic E-state index is 11.4. The quantitative estimate of drug-likeness (QED) is 0.682. The van der Waals surface area contributed by atoms with E-state index in [1.165, 1.54) is 0 Å². The van der Waals surface area contributed by atoms with Crippen LogP contribution in [0, 0.1) is 0 Å². The molecule has 0 spiro atoms. The van der Waals surface area contributed by atoms with Crippen molar-refractivity contribution in [3.05, 3.63) is 0 Å². The van der Waals surface area contributed by atoms with Crippen molar-refractivity contribution in [3.63, 3.8) is 0 Å². The van der Waals surface area contributed by atoms with Gasteiger partial charge in [-0.1, -0.05) is 6.92 Å². The van der Waals surface area contributed by atoms with Crippen LogP contribution in [0.25, 0.3) is 0 Å². The second-order valence-electron chi connectivity index (χ2n) is 4.02. The minimum Gasteiger partial charge on any atom is -0.396 e. The lowest BCUT2D eigenvalue weighted by atomic mass is 9.95. The Labute approximate surface area is 85.6 Å². The molecule has 0 bridgehead atoms. The van der Waals surface area contributed by atoms with Gasteiger partial charge in [-0.05, 0) is 25.8 Å². The highest BCUT2D eigenvalue weighted by atomic mass is 32.2. The summed E-state index contributed by atoms with van der Waals surface area (Å²) in [5.74, 6) is 0.435. The van der Waals surface area contributed by atoms with Crippen molar-refractivity contribution in [2.45, 2.75) is 31.7 Å². The van der Waals surface area contributed by atoms with E-state index in [4.69, 9.17) is 5.11 Å². The Morgan fingerprint density at radius 1 is 1.50 bits per heavy atom. The fourth-order valence-electron chi connectivity index (χ4n) is 1.95. The van der Waals surface area contributed by atoms with Crippen LogP contribution < -0.4 is 5.32 Å². The van der Waals surface area contributed by atoms with Crippen LogP contribution in [0.2, 0.25) is 0 Å². The molecule has 4 nitrogen and oxygen atoms in total. The summed E-state index contributed by atoms with van der Waals surface area (Å²) in [5.41, 5.74) is -0.358. The van der Waals surface area contributed by atoms with E-state index in [1.54, 1.807) is 0 Å². The summed E-state index contributed by atoms with van der Waals surface area (Å²) >= 11 is 0. The van der Waals surface area contributed by atoms with Crippen molar-refractivity contribution in [1.82, 2.24) is 5.32 Å². The van der Waals surface area contributed by atoms with E-state index in [9.17, 15) is 8.42 Å². The molecule has 1 saturated heterocycles. The Morgan fingerprint density at radius 3 is 2.64 bits per heavy atom. The molecule has 0 amide bonds. The number of sulfone groups is 1. The average Bonchev–Trinajstić information content (AvgIpc) is 2.40. The predicted molar refractivity (Wildman–Crippen MR) is 56.0 cm³/mol. The van der Waals surface area contributed by atoms with Crippen molar-refractivity contribution < 1.29 is 13.5 Å². The Hall–Kier alpha value is -0.130. The summed E-state index contributed by atoms with van der Waals surface area (Å²) in [5, 5.41) is 12.2. The lowest BCUT2D eigenvalue weighted by molar-refractivity contribution is 0.223. The monoisotopic (exact) mass is 221 g/mol. The topological polar surface area (TPSA) is 66.4 Å². The highest BCUT2D eigenvalue weighted by Crippen LogP contribution is 2.26. The third-order valence-electron chi connectivity index (χ3n) is 2.73. The number of nitrogens with one attached hydrogen (secondary N) is 1. The molecule has 1 aliphatic rings. The summed E-state index contributed by atoms with van der Waals surface area (Å²) in [6.45, 7) is 2.91. The number of hydrogen-bond acceptors (Lipinski definition) is 4. The molecule has 0 saturated carbocycles. The first kappa shape index (κ1) is 11.9. The van der Waals surface area contributed by atoms with Crippen molar-refractivity contribution in [1.29, 1.82) is 0 Å². The molecule has 0 aliphatic carbocycles. The van der Waals surface area contributed by atoms with E-state index in [-0.39, 0.29) is 23.7 Å². The van der Waals surface area contributed by atoms with E-state index in [0.29, 0.717) is 12.8 Å². The Kier molecular flexibility index (Phi) is 3.92. The van der Waals surface area contributed by atoms with Gasteiger partial charge < -0.3 is 10.4 Å². The number of aliphatic hydroxyl groups is 1. The SMILES string of the molecule is CCCNC1(CCO)CCS(=O)(=O)C1. The molecule has 5 heteroatoms. The van der Waals surface area contributed by atoms with Gasteiger partial charge >= 0.3 is 0 Å². The molecule has 1 fully saturated rings. The van der Waals surface area contributed by atoms with Gasteiger partial charge in [0, 0.05) is 12.1 Å². The Bertz CT molecular complexity index is 276. The van der Waals surface area contributed by atoms with E-state index in [1.807, 2.05) is 6.92 Å². The molecule has 1 atom stereocenters. The van der Waals surface area contributed by atoms with Crippen molar-refractivity contribution >= 4 is 9.84 Å². The summed E-state index contributed by atoms with van der Waals surface area (Å²) in [4.78, 5) is 0. The molecule has 1 unspecified atom stereocenters. The lowest BCUT2D eigenvalue weighted by Crippen LogP contribution is -2.47. The maximum atomic E-state index is 11.4. The van der Waals surface area contributed by atoms with Gasteiger partial charge in [-0.25, -0.2) is 8.42 Å². The third kappa shape index (κ3) is 2.93. The average molecular weight is 221 g/mol. The molecule has 0 aromatic rings. The zero-order chi connectivity index (χ0) is 10.7. The minimum absolute atomic E-state index is 0.0479. The zero-order valence-electron chi connectivity index (χ0n) is 8.62. The lowest BCUT2D eigenvalue weighted by Gasteiger charge is -2.28. The molecule has 0 radical (unpaired) electrons. The molecular formula is C9H19NO3S. The fourth-order valence-corrected chi connectivity index (χ4v) is 4.02. The van der Waals surface area contributed by atoms with Gasteiger partial charge in [0.2, 0.25) is 0 Å². The number of aliphatic hydroxyl groups excluding tert-OH is 1. The van der Waals surface area contributed by atoms with Crippen LogP contribution in [0.5, 0.6) is 0 Å². The zero-order valence-corrected chi connectivity index (χ0v) is 9.44. The van der Waals surface area contributed by atoms with Crippen LogP contribution >= 0.6 is 0 Å². The first-order chi connectivity index (χ1) is 6.54. The molecular weight excluding hydrogens is 202 g/mol. The van der Waals surface area contributed by atoms with Crippen LogP contribution in [0.1, 0.15) is 26.2 Å². The Morgan fingerprint density at radius 2 is 2.21 bits per heavy atom. The van der Waals surface area contributed by atoms with Crippen LogP contribution in [0.3, 0.4) is 0 Å². The van der Waals surface area contributed by atoms with Gasteiger partial charge in [-0.15, -0.1) is 0 Å². The van der Waals surface area contributed by atoms with Gasteiger partial charge in [0.15, 0.2) is 9.84 Å². The number of rotatable bonds is 5. The first-order valence-electron chi connectivity index (χ1n) is 5.10. The number of hydrogen-bond donors (Lipinski definition) is 2. The third-order valence-corrected chi connectivity index (χ3v) is 4.55. The second-order valence-corrected chi connectivity index (χ2v) is 6.21. The molecule has 1 heterocycles. The standard InChI is InChI=1S/C9H19NO3S/c1-2-5-10-9(3-6-11)4-7-14(12,13)8-9/h10-11H,2-8H2,1H3. The van der Waals surface area contributed by atoms with Gasteiger partial charge in [-0.2, -0.15) is 0 Å². The normalized spacial score (nSPS) is 30.7. The molecule has 14 heavy (non-hydrogen) atoms. The van der Waals surface area contributed by atoms with Crippen LogP contribution in [-0.4, -0.2) is 43.7 Å². The molecule has 0 aromatic carbocycles. The van der Waals surface area contributed by atoms with Gasteiger partial charge in [0.1, 0.15) is 0 Å². The van der Waals surface area contributed by atoms with E-state index >= 15 is 0 Å². The minimum atomic E-state index is -2.88. The molecule has 1 aliphatic heterocycles. The van der Waals surface area contributed by atoms with Crippen LogP contribution in [0.4, 0.5) is 0 Å². The van der Waals surface area contributed by atoms with Crippen LogP contribution in [-0.2, 0) is 9.84 Å². The van der Waals surface area contributed by atoms with Crippen LogP contribution in [0.15, 0.2) is 0 Å². The summed E-state index contributed by atoms with van der Waals surface area (Å²) < 4.78 is 22.7. The van der Waals surface area contributed by atoms with E-state index in [0.717, 1.165) is 13.0 Å². The molecule has 0 aromatic heterocycles. The molecule has 2 N–H and O–H groups in total. The van der Waals surface area contributed by atoms with E-state index < -0.39 is 9.84 Å². The predicted octanol–water partition coefficient (Wildman–Crippen LogP) is -0.0743. The summed E-state index contributed by atoms with van der Waals surface area (Å²) in [6.07, 6.45) is 2.15. The fraction of sp³-hybridized carbons (Fsp3) is 1.00. The maximum Gasteiger partial charge on any atom is 0.152 e. The largest absolute Gasteiger partial charge is 0.396 e. The molecule has 84 valence electrons. The van der Waals surface area contributed by atoms with E-state index in [2.05, 4.69) is 5.32 Å². The van der Waals surface area contributed by atoms with Crippen molar-refractivity contribution in [2.75, 3.05) is 24.7 Å². The van der Waals surface area contributed by atoms with Crippen molar-refractivity contribution in [2.24, 2.45) is 0 Å². The van der Waals surface area contributed by atoms with Gasteiger partial charge in [0.25, 0.3) is 0 Å². The highest BCUT2D eigenvalue weighted by Gasteiger charge is 2.40. The highest BCUT2D eigenvalue weighted by molar-refractivity contribution is 7.91. The van der Waals surface area contributed by atoms with Gasteiger partial charge in [0.05, 0.1) is 11.5 Å². The smallest absolute Gasteiger partial charge is 0.152 e.